The third-order valence-corrected chi connectivity index (χ3v) is 9.73. The Balaban J connectivity index is 1.25. The molecule has 51 heavy (non-hydrogen) atoms. The van der Waals surface area contributed by atoms with Gasteiger partial charge in [-0.15, -0.1) is 5.10 Å². The fraction of sp³-hybridized carbons (Fsp3) is 0.450. The minimum Gasteiger partial charge on any atom is -0.379 e. The van der Waals surface area contributed by atoms with Gasteiger partial charge in [0.25, 0.3) is 5.91 Å². The molecule has 1 aliphatic rings. The van der Waals surface area contributed by atoms with Crippen LogP contribution in [0.15, 0.2) is 72.8 Å². The van der Waals surface area contributed by atoms with E-state index in [0.29, 0.717) is 64.5 Å². The highest BCUT2D eigenvalue weighted by Crippen LogP contribution is 2.41. The van der Waals surface area contributed by atoms with Crippen molar-refractivity contribution in [3.63, 3.8) is 0 Å². The molecule has 11 nitrogen and oxygen atoms in total. The number of anilines is 1. The molecule has 0 radical (unpaired) electrons. The zero-order chi connectivity index (χ0) is 36.4. The number of nitrogens with one attached hydrogen (secondary N) is 3. The minimum atomic E-state index is -0.157. The molecule has 5 rings (SSSR count). The van der Waals surface area contributed by atoms with Crippen LogP contribution in [0.1, 0.15) is 68.4 Å². The van der Waals surface area contributed by atoms with Crippen molar-refractivity contribution in [3.8, 4) is 22.5 Å². The summed E-state index contributed by atoms with van der Waals surface area (Å²) in [6.07, 6.45) is 2.03. The number of carbonyl (C=O) groups excluding carboxylic acids is 2. The van der Waals surface area contributed by atoms with E-state index >= 15 is 0 Å². The van der Waals surface area contributed by atoms with Gasteiger partial charge in [0.2, 0.25) is 5.91 Å². The first-order valence-corrected chi connectivity index (χ1v) is 17.8. The largest absolute Gasteiger partial charge is 0.379 e. The first-order chi connectivity index (χ1) is 24.5. The molecule has 0 saturated heterocycles. The van der Waals surface area contributed by atoms with E-state index in [1.807, 2.05) is 90.4 Å². The van der Waals surface area contributed by atoms with Gasteiger partial charge in [0.15, 0.2) is 0 Å². The van der Waals surface area contributed by atoms with Crippen molar-refractivity contribution in [2.24, 2.45) is 0 Å². The van der Waals surface area contributed by atoms with Crippen LogP contribution in [-0.4, -0.2) is 85.0 Å². The first kappa shape index (κ1) is 37.8. The molecule has 2 heterocycles. The second-order valence-corrected chi connectivity index (χ2v) is 14.3. The molecule has 3 N–H and O–H groups in total. The van der Waals surface area contributed by atoms with E-state index in [9.17, 15) is 9.59 Å². The van der Waals surface area contributed by atoms with Gasteiger partial charge < -0.3 is 30.3 Å². The highest BCUT2D eigenvalue weighted by atomic mass is 16.5. The predicted octanol–water partition coefficient (Wildman–Crippen LogP) is 5.44. The maximum atomic E-state index is 13.9. The van der Waals surface area contributed by atoms with Crippen LogP contribution >= 0.6 is 0 Å². The van der Waals surface area contributed by atoms with Crippen molar-refractivity contribution in [2.75, 3.05) is 52.0 Å². The van der Waals surface area contributed by atoms with Crippen LogP contribution in [0.4, 0.5) is 5.69 Å². The molecule has 11 heteroatoms. The quantitative estimate of drug-likeness (QED) is 0.125. The summed E-state index contributed by atoms with van der Waals surface area (Å²) in [4.78, 5) is 28.6. The Bertz CT molecular complexity index is 1770. The zero-order valence-corrected chi connectivity index (χ0v) is 30.9. The van der Waals surface area contributed by atoms with Gasteiger partial charge in [0.1, 0.15) is 5.69 Å². The van der Waals surface area contributed by atoms with Crippen molar-refractivity contribution in [1.29, 1.82) is 0 Å². The SMILES string of the molecule is CNC(C)(C)CCOCCOCCNC(=O)c1ccc(Cn2nnc3c2-c2ccccc2N(C(=O)CCC(C)(C)NC)Cc2ccccc2-3)cc1. The second-order valence-electron chi connectivity index (χ2n) is 14.3. The van der Waals surface area contributed by atoms with Crippen molar-refractivity contribution >= 4 is 17.5 Å². The summed E-state index contributed by atoms with van der Waals surface area (Å²) in [5.41, 5.74) is 6.76. The topological polar surface area (TPSA) is 123 Å². The first-order valence-electron chi connectivity index (χ1n) is 17.8. The summed E-state index contributed by atoms with van der Waals surface area (Å²) >= 11 is 0. The summed E-state index contributed by atoms with van der Waals surface area (Å²) < 4.78 is 13.2. The molecule has 0 spiro atoms. The van der Waals surface area contributed by atoms with Crippen LogP contribution in [0.25, 0.3) is 22.5 Å². The average molecular weight is 696 g/mol. The van der Waals surface area contributed by atoms with Gasteiger partial charge in [0.05, 0.1) is 44.3 Å². The summed E-state index contributed by atoms with van der Waals surface area (Å²) in [5.74, 6) is -0.0903. The Morgan fingerprint density at radius 1 is 0.784 bits per heavy atom. The number of para-hydroxylation sites is 1. The Morgan fingerprint density at radius 3 is 2.16 bits per heavy atom. The fourth-order valence-electron chi connectivity index (χ4n) is 5.88. The van der Waals surface area contributed by atoms with E-state index in [1.165, 1.54) is 0 Å². The van der Waals surface area contributed by atoms with Gasteiger partial charge in [0, 0.05) is 47.3 Å². The van der Waals surface area contributed by atoms with E-state index in [1.54, 1.807) is 0 Å². The van der Waals surface area contributed by atoms with E-state index < -0.39 is 0 Å². The number of aromatic nitrogens is 3. The molecule has 0 unspecified atom stereocenters. The van der Waals surface area contributed by atoms with E-state index in [0.717, 1.165) is 45.7 Å². The zero-order valence-electron chi connectivity index (χ0n) is 30.9. The highest BCUT2D eigenvalue weighted by molar-refractivity contribution is 6.00. The molecule has 1 aromatic heterocycles. The number of nitrogens with zero attached hydrogens (tertiary/aromatic N) is 4. The molecule has 0 atom stereocenters. The highest BCUT2D eigenvalue weighted by Gasteiger charge is 2.30. The van der Waals surface area contributed by atoms with E-state index in [4.69, 9.17) is 9.47 Å². The lowest BCUT2D eigenvalue weighted by Gasteiger charge is -2.30. The molecule has 0 aliphatic carbocycles. The van der Waals surface area contributed by atoms with Crippen LogP contribution in [0.5, 0.6) is 0 Å². The molecule has 4 aromatic rings. The number of fused-ring (bicyclic) bond motifs is 5. The van der Waals surface area contributed by atoms with Gasteiger partial charge in [-0.2, -0.15) is 0 Å². The van der Waals surface area contributed by atoms with Gasteiger partial charge in [-0.05, 0) is 84.0 Å². The van der Waals surface area contributed by atoms with Gasteiger partial charge in [-0.1, -0.05) is 59.8 Å². The van der Waals surface area contributed by atoms with Crippen molar-refractivity contribution in [3.05, 3.63) is 89.5 Å². The third-order valence-electron chi connectivity index (χ3n) is 9.73. The molecule has 1 aliphatic heterocycles. The van der Waals surface area contributed by atoms with Crippen LogP contribution in [0.2, 0.25) is 0 Å². The van der Waals surface area contributed by atoms with Crippen molar-refractivity contribution in [2.45, 2.75) is 71.1 Å². The fourth-order valence-corrected chi connectivity index (χ4v) is 5.88. The molecule has 2 amide bonds. The minimum absolute atomic E-state index is 0.0478. The molecule has 0 saturated carbocycles. The molecular weight excluding hydrogens is 642 g/mol. The third kappa shape index (κ3) is 9.89. The summed E-state index contributed by atoms with van der Waals surface area (Å²) in [6, 6.07) is 23.6. The summed E-state index contributed by atoms with van der Waals surface area (Å²) in [6.45, 7) is 11.9. The monoisotopic (exact) mass is 695 g/mol. The normalized spacial score (nSPS) is 12.8. The maximum absolute atomic E-state index is 13.9. The lowest BCUT2D eigenvalue weighted by atomic mass is 9.94. The summed E-state index contributed by atoms with van der Waals surface area (Å²) in [7, 11) is 3.87. The molecule has 0 bridgehead atoms. The number of rotatable bonds is 17. The number of ether oxygens (including phenoxy) is 2. The molecule has 3 aromatic carbocycles. The average Bonchev–Trinajstić information content (AvgIpc) is 3.54. The van der Waals surface area contributed by atoms with Gasteiger partial charge in [-0.25, -0.2) is 4.68 Å². The number of carbonyl (C=O) groups is 2. The van der Waals surface area contributed by atoms with Crippen LogP contribution in [0.3, 0.4) is 0 Å². The van der Waals surface area contributed by atoms with Crippen molar-refractivity contribution < 1.29 is 19.1 Å². The predicted molar refractivity (Wildman–Crippen MR) is 202 cm³/mol. The maximum Gasteiger partial charge on any atom is 0.251 e. The van der Waals surface area contributed by atoms with Gasteiger partial charge in [-0.3, -0.25) is 9.59 Å². The Hall–Kier alpha value is -4.42. The lowest BCUT2D eigenvalue weighted by molar-refractivity contribution is -0.119. The number of hydrogen-bond acceptors (Lipinski definition) is 8. The second kappa shape index (κ2) is 17.2. The number of hydrogen-bond donors (Lipinski definition) is 3. The summed E-state index contributed by atoms with van der Waals surface area (Å²) in [5, 5.41) is 18.8. The molecule has 272 valence electrons. The number of amides is 2. The lowest BCUT2D eigenvalue weighted by Crippen LogP contribution is -2.39. The van der Waals surface area contributed by atoms with Crippen molar-refractivity contribution in [1.82, 2.24) is 30.9 Å². The molecule has 0 fully saturated rings. The molecular formula is C40H53N7O4. The van der Waals surface area contributed by atoms with Crippen LogP contribution < -0.4 is 20.9 Å². The number of benzene rings is 3. The Kier molecular flexibility index (Phi) is 12.8. The van der Waals surface area contributed by atoms with Gasteiger partial charge >= 0.3 is 0 Å². The smallest absolute Gasteiger partial charge is 0.251 e. The Morgan fingerprint density at radius 2 is 1.43 bits per heavy atom. The Labute approximate surface area is 302 Å². The van der Waals surface area contributed by atoms with E-state index in [2.05, 4.69) is 60.0 Å². The van der Waals surface area contributed by atoms with Crippen LogP contribution in [-0.2, 0) is 27.4 Å². The van der Waals surface area contributed by atoms with Crippen LogP contribution in [0, 0.1) is 0 Å². The van der Waals surface area contributed by atoms with E-state index in [-0.39, 0.29) is 22.9 Å². The standard InChI is InChI=1S/C40H53N7O4/c1-39(2,41-5)20-19-35(48)46-28-31-11-7-8-12-32(31)36-37(33-13-9-10-14-34(33)46)47(45-44-36)27-29-15-17-30(18-16-29)38(49)43-22-24-51-26-25-50-23-21-40(3,4)42-6/h7-18,41-42H,19-28H2,1-6H3,(H,43,49).